The van der Waals surface area contributed by atoms with Crippen molar-refractivity contribution in [3.8, 4) is 0 Å². The normalized spacial score (nSPS) is 18.0. The highest BCUT2D eigenvalue weighted by Crippen LogP contribution is 2.38. The number of sulfonamides is 1. The molecule has 0 spiro atoms. The number of furan rings is 1. The largest absolute Gasteiger partial charge is 0.463 e. The first-order chi connectivity index (χ1) is 10.9. The van der Waals surface area contributed by atoms with Gasteiger partial charge in [-0.25, -0.2) is 8.42 Å². The molecule has 1 unspecified atom stereocenters. The summed E-state index contributed by atoms with van der Waals surface area (Å²) < 4.78 is 30.2. The van der Waals surface area contributed by atoms with E-state index in [1.807, 2.05) is 0 Å². The molecule has 2 aromatic rings. The number of nitrogens with zero attached hydrogens (tertiary/aromatic N) is 3. The number of para-hydroxylation sites is 1. The second kappa shape index (κ2) is 5.51. The molecule has 120 valence electrons. The van der Waals surface area contributed by atoms with Crippen LogP contribution in [-0.2, 0) is 10.0 Å². The van der Waals surface area contributed by atoms with Crippen molar-refractivity contribution in [2.75, 3.05) is 6.26 Å². The van der Waals surface area contributed by atoms with Crippen molar-refractivity contribution in [3.63, 3.8) is 0 Å². The number of benzene rings is 1. The van der Waals surface area contributed by atoms with Crippen LogP contribution in [0.15, 0.2) is 52.2 Å². The molecule has 2 heterocycles. The first-order valence-electron chi connectivity index (χ1n) is 6.72. The van der Waals surface area contributed by atoms with Gasteiger partial charge in [0.1, 0.15) is 17.5 Å². The van der Waals surface area contributed by atoms with Crippen LogP contribution >= 0.6 is 0 Å². The molecule has 23 heavy (non-hydrogen) atoms. The average Bonchev–Trinajstić information content (AvgIpc) is 3.15. The molecule has 1 aliphatic heterocycles. The molecule has 0 N–H and O–H groups in total. The molecule has 3 rings (SSSR count). The minimum Gasteiger partial charge on any atom is -0.463 e. The predicted octanol–water partition coefficient (Wildman–Crippen LogP) is 2.30. The number of hydrogen-bond acceptors (Lipinski definition) is 6. The SMILES string of the molecule is CS(=O)(=O)N1N=C(c2ccco2)CC1c1ccccc1[N+](=O)[O-]. The van der Waals surface area contributed by atoms with Gasteiger partial charge < -0.3 is 4.42 Å². The Morgan fingerprint density at radius 2 is 2.04 bits per heavy atom. The molecule has 8 nitrogen and oxygen atoms in total. The van der Waals surface area contributed by atoms with E-state index in [1.54, 1.807) is 24.3 Å². The van der Waals surface area contributed by atoms with Gasteiger partial charge in [0.15, 0.2) is 0 Å². The Kier molecular flexibility index (Phi) is 3.64. The van der Waals surface area contributed by atoms with Gasteiger partial charge in [0.2, 0.25) is 10.0 Å². The molecule has 0 saturated carbocycles. The topological polar surface area (TPSA) is 106 Å². The molecular weight excluding hydrogens is 322 g/mol. The van der Waals surface area contributed by atoms with E-state index in [0.29, 0.717) is 17.0 Å². The van der Waals surface area contributed by atoms with Crippen LogP contribution < -0.4 is 0 Å². The van der Waals surface area contributed by atoms with Crippen LogP contribution in [0.1, 0.15) is 23.8 Å². The van der Waals surface area contributed by atoms with Gasteiger partial charge in [-0.05, 0) is 18.2 Å². The molecule has 9 heteroatoms. The van der Waals surface area contributed by atoms with E-state index < -0.39 is 21.0 Å². The smallest absolute Gasteiger partial charge is 0.274 e. The molecule has 1 aliphatic rings. The fourth-order valence-corrected chi connectivity index (χ4v) is 3.45. The monoisotopic (exact) mass is 335 g/mol. The van der Waals surface area contributed by atoms with E-state index in [2.05, 4.69) is 5.10 Å². The number of hydrazone groups is 1. The molecule has 1 atom stereocenters. The zero-order valence-electron chi connectivity index (χ0n) is 12.1. The summed E-state index contributed by atoms with van der Waals surface area (Å²) in [4.78, 5) is 10.7. The van der Waals surface area contributed by atoms with Crippen molar-refractivity contribution in [1.82, 2.24) is 4.41 Å². The van der Waals surface area contributed by atoms with Crippen LogP contribution in [0, 0.1) is 10.1 Å². The van der Waals surface area contributed by atoms with Crippen molar-refractivity contribution >= 4 is 21.4 Å². The van der Waals surface area contributed by atoms with Crippen LogP contribution in [0.2, 0.25) is 0 Å². The number of rotatable bonds is 4. The second-order valence-corrected chi connectivity index (χ2v) is 6.94. The predicted molar refractivity (Wildman–Crippen MR) is 82.4 cm³/mol. The third kappa shape index (κ3) is 2.82. The molecule has 0 amide bonds. The maximum atomic E-state index is 12.0. The minimum absolute atomic E-state index is 0.137. The van der Waals surface area contributed by atoms with Crippen molar-refractivity contribution in [3.05, 3.63) is 64.1 Å². The molecule has 0 aliphatic carbocycles. The van der Waals surface area contributed by atoms with Crippen molar-refractivity contribution < 1.29 is 17.8 Å². The summed E-state index contributed by atoms with van der Waals surface area (Å²) in [6.45, 7) is 0. The van der Waals surface area contributed by atoms with E-state index in [4.69, 9.17) is 4.42 Å². The molecular formula is C14H13N3O5S. The maximum absolute atomic E-state index is 12.0. The van der Waals surface area contributed by atoms with Crippen LogP contribution in [0.25, 0.3) is 0 Å². The van der Waals surface area contributed by atoms with Crippen LogP contribution in [0.5, 0.6) is 0 Å². The van der Waals surface area contributed by atoms with Gasteiger partial charge in [0, 0.05) is 12.5 Å². The summed E-state index contributed by atoms with van der Waals surface area (Å²) in [5.74, 6) is 0.444. The third-order valence-electron chi connectivity index (χ3n) is 3.51. The molecule has 0 bridgehead atoms. The lowest BCUT2D eigenvalue weighted by Crippen LogP contribution is -2.26. The van der Waals surface area contributed by atoms with Crippen molar-refractivity contribution in [2.45, 2.75) is 12.5 Å². The second-order valence-electron chi connectivity index (χ2n) is 5.10. The fourth-order valence-electron chi connectivity index (χ4n) is 2.55. The van der Waals surface area contributed by atoms with Gasteiger partial charge in [0.05, 0.1) is 23.0 Å². The summed E-state index contributed by atoms with van der Waals surface area (Å²) in [7, 11) is -3.68. The summed E-state index contributed by atoms with van der Waals surface area (Å²) in [5.41, 5.74) is 0.596. The van der Waals surface area contributed by atoms with Crippen LogP contribution in [0.3, 0.4) is 0 Å². The lowest BCUT2D eigenvalue weighted by atomic mass is 10.0. The van der Waals surface area contributed by atoms with E-state index in [1.165, 1.54) is 18.4 Å². The molecule has 1 aromatic carbocycles. The number of nitro groups is 1. The van der Waals surface area contributed by atoms with Crippen molar-refractivity contribution in [1.29, 1.82) is 0 Å². The fraction of sp³-hybridized carbons (Fsp3) is 0.214. The Morgan fingerprint density at radius 1 is 1.30 bits per heavy atom. The Balaban J connectivity index is 2.08. The van der Waals surface area contributed by atoms with E-state index in [9.17, 15) is 18.5 Å². The number of hydrogen-bond donors (Lipinski definition) is 0. The lowest BCUT2D eigenvalue weighted by molar-refractivity contribution is -0.385. The summed E-state index contributed by atoms with van der Waals surface area (Å²) in [6, 6.07) is 8.62. The van der Waals surface area contributed by atoms with Gasteiger partial charge in [-0.1, -0.05) is 12.1 Å². The highest BCUT2D eigenvalue weighted by atomic mass is 32.2. The van der Waals surface area contributed by atoms with Crippen LogP contribution in [-0.4, -0.2) is 29.7 Å². The zero-order chi connectivity index (χ0) is 16.6. The van der Waals surface area contributed by atoms with Gasteiger partial charge in [-0.2, -0.15) is 9.52 Å². The summed E-state index contributed by atoms with van der Waals surface area (Å²) >= 11 is 0. The van der Waals surface area contributed by atoms with Crippen molar-refractivity contribution in [2.24, 2.45) is 5.10 Å². The Hall–Kier alpha value is -2.68. The zero-order valence-corrected chi connectivity index (χ0v) is 12.9. The molecule has 0 fully saturated rings. The Morgan fingerprint density at radius 3 is 2.65 bits per heavy atom. The van der Waals surface area contributed by atoms with E-state index in [-0.39, 0.29) is 12.1 Å². The Labute approximate surface area is 132 Å². The van der Waals surface area contributed by atoms with Gasteiger partial charge in [0.25, 0.3) is 5.69 Å². The van der Waals surface area contributed by atoms with Crippen LogP contribution in [0.4, 0.5) is 5.69 Å². The molecule has 0 radical (unpaired) electrons. The first kappa shape index (κ1) is 15.2. The van der Waals surface area contributed by atoms with Gasteiger partial charge in [-0.3, -0.25) is 10.1 Å². The van der Waals surface area contributed by atoms with E-state index in [0.717, 1.165) is 10.7 Å². The average molecular weight is 335 g/mol. The highest BCUT2D eigenvalue weighted by Gasteiger charge is 2.38. The third-order valence-corrected chi connectivity index (χ3v) is 4.53. The maximum Gasteiger partial charge on any atom is 0.274 e. The first-order valence-corrected chi connectivity index (χ1v) is 8.57. The Bertz CT molecular complexity index is 874. The molecule has 1 aromatic heterocycles. The standard InChI is InChI=1S/C14H13N3O5S/c1-23(20,21)16-13(9-11(15-16)14-7-4-8-22-14)10-5-2-3-6-12(10)17(18)19/h2-8,13H,9H2,1H3. The summed E-state index contributed by atoms with van der Waals surface area (Å²) in [6.07, 6.45) is 2.68. The highest BCUT2D eigenvalue weighted by molar-refractivity contribution is 7.88. The number of nitro benzene ring substituents is 1. The van der Waals surface area contributed by atoms with E-state index >= 15 is 0 Å². The summed E-state index contributed by atoms with van der Waals surface area (Å²) in [5, 5.41) is 15.3. The van der Waals surface area contributed by atoms with Gasteiger partial charge in [-0.15, -0.1) is 0 Å². The quantitative estimate of drug-likeness (QED) is 0.629. The van der Waals surface area contributed by atoms with Gasteiger partial charge >= 0.3 is 0 Å². The minimum atomic E-state index is -3.68. The molecule has 0 saturated heterocycles. The lowest BCUT2D eigenvalue weighted by Gasteiger charge is -2.21.